The monoisotopic (exact) mass is 296 g/mol. The lowest BCUT2D eigenvalue weighted by molar-refractivity contribution is -0.134. The Balaban J connectivity index is 3.52. The van der Waals surface area contributed by atoms with Crippen molar-refractivity contribution in [3.8, 4) is 17.4 Å². The molecule has 1 aromatic rings. The summed E-state index contributed by atoms with van der Waals surface area (Å²) in [5.74, 6) is -4.59. The van der Waals surface area contributed by atoms with Crippen LogP contribution in [-0.2, 0) is 14.4 Å². The molecule has 0 atom stereocenters. The molecule has 0 aromatic carbocycles. The lowest BCUT2D eigenvalue weighted by Crippen LogP contribution is -2.19. The maximum atomic E-state index is 11.5. The summed E-state index contributed by atoms with van der Waals surface area (Å²) in [7, 11) is 0. The first-order valence-corrected chi connectivity index (χ1v) is 5.60. The number of rotatable bonds is 4. The van der Waals surface area contributed by atoms with E-state index in [9.17, 15) is 19.2 Å². The van der Waals surface area contributed by atoms with Crippen molar-refractivity contribution in [1.82, 2.24) is 4.98 Å². The SMILES string of the molecule is CC(=O)Oc1cnc(OC(C)=O)c(C(N)=O)c1OC(C)=O. The first kappa shape index (κ1) is 16.1. The maximum absolute atomic E-state index is 11.5. The van der Waals surface area contributed by atoms with Crippen molar-refractivity contribution in [1.29, 1.82) is 0 Å². The van der Waals surface area contributed by atoms with E-state index in [4.69, 9.17) is 19.9 Å². The summed E-state index contributed by atoms with van der Waals surface area (Å²) in [5, 5.41) is 0. The number of pyridine rings is 1. The molecule has 0 fully saturated rings. The molecular weight excluding hydrogens is 284 g/mol. The third-order valence-corrected chi connectivity index (χ3v) is 1.95. The van der Waals surface area contributed by atoms with Gasteiger partial charge in [0, 0.05) is 20.8 Å². The highest BCUT2D eigenvalue weighted by Gasteiger charge is 2.26. The van der Waals surface area contributed by atoms with Crippen LogP contribution >= 0.6 is 0 Å². The van der Waals surface area contributed by atoms with Gasteiger partial charge < -0.3 is 19.9 Å². The Morgan fingerprint density at radius 3 is 1.90 bits per heavy atom. The summed E-state index contributed by atoms with van der Waals surface area (Å²) in [6.45, 7) is 3.24. The molecule has 2 N–H and O–H groups in total. The molecule has 1 amide bonds. The molecule has 0 spiro atoms. The molecule has 0 aliphatic heterocycles. The Morgan fingerprint density at radius 1 is 0.952 bits per heavy atom. The summed E-state index contributed by atoms with van der Waals surface area (Å²) >= 11 is 0. The standard InChI is InChI=1S/C12H12N2O7/c1-5(15)19-8-4-14-12(21-7(3)17)9(11(13)18)10(8)20-6(2)16/h4H,1-3H3,(H2,13,18). The molecule has 9 nitrogen and oxygen atoms in total. The van der Waals surface area contributed by atoms with Crippen LogP contribution in [0.2, 0.25) is 0 Å². The van der Waals surface area contributed by atoms with Crippen molar-refractivity contribution in [2.75, 3.05) is 0 Å². The van der Waals surface area contributed by atoms with Gasteiger partial charge in [-0.3, -0.25) is 19.2 Å². The summed E-state index contributed by atoms with van der Waals surface area (Å²) < 4.78 is 14.3. The molecule has 21 heavy (non-hydrogen) atoms. The zero-order chi connectivity index (χ0) is 16.2. The van der Waals surface area contributed by atoms with Crippen LogP contribution in [0.25, 0.3) is 0 Å². The van der Waals surface area contributed by atoms with E-state index in [2.05, 4.69) is 4.98 Å². The fraction of sp³-hybridized carbons (Fsp3) is 0.250. The van der Waals surface area contributed by atoms with Gasteiger partial charge in [-0.25, -0.2) is 4.98 Å². The third-order valence-electron chi connectivity index (χ3n) is 1.95. The van der Waals surface area contributed by atoms with Crippen LogP contribution in [0.15, 0.2) is 6.20 Å². The molecule has 0 bridgehead atoms. The zero-order valence-electron chi connectivity index (χ0n) is 11.5. The van der Waals surface area contributed by atoms with Crippen LogP contribution in [-0.4, -0.2) is 28.8 Å². The van der Waals surface area contributed by atoms with Crippen molar-refractivity contribution in [3.05, 3.63) is 11.8 Å². The molecule has 9 heteroatoms. The fourth-order valence-corrected chi connectivity index (χ4v) is 1.36. The topological polar surface area (TPSA) is 135 Å². The van der Waals surface area contributed by atoms with Gasteiger partial charge in [0.2, 0.25) is 5.88 Å². The number of hydrogen-bond donors (Lipinski definition) is 1. The molecule has 0 aliphatic rings. The third kappa shape index (κ3) is 4.27. The molecule has 0 saturated carbocycles. The van der Waals surface area contributed by atoms with Gasteiger partial charge in [-0.2, -0.15) is 0 Å². The summed E-state index contributed by atoms with van der Waals surface area (Å²) in [6, 6.07) is 0. The van der Waals surface area contributed by atoms with Gasteiger partial charge in [-0.1, -0.05) is 0 Å². The van der Waals surface area contributed by atoms with Crippen LogP contribution in [0.3, 0.4) is 0 Å². The van der Waals surface area contributed by atoms with Crippen LogP contribution in [0.1, 0.15) is 31.1 Å². The Hall–Kier alpha value is -2.97. The molecular formula is C12H12N2O7. The average Bonchev–Trinajstić information content (AvgIpc) is 2.30. The lowest BCUT2D eigenvalue weighted by atomic mass is 10.2. The van der Waals surface area contributed by atoms with Crippen molar-refractivity contribution in [3.63, 3.8) is 0 Å². The van der Waals surface area contributed by atoms with Crippen molar-refractivity contribution in [2.24, 2.45) is 5.73 Å². The normalized spacial score (nSPS) is 9.67. The summed E-state index contributed by atoms with van der Waals surface area (Å²) in [4.78, 5) is 48.2. The molecule has 1 rings (SSSR count). The zero-order valence-corrected chi connectivity index (χ0v) is 11.5. The highest BCUT2D eigenvalue weighted by Crippen LogP contribution is 2.36. The minimum atomic E-state index is -1.08. The number of hydrogen-bond acceptors (Lipinski definition) is 8. The van der Waals surface area contributed by atoms with Gasteiger partial charge in [0.25, 0.3) is 5.91 Å². The number of amides is 1. The van der Waals surface area contributed by atoms with Crippen molar-refractivity contribution in [2.45, 2.75) is 20.8 Å². The first-order valence-electron chi connectivity index (χ1n) is 5.60. The average molecular weight is 296 g/mol. The molecule has 1 aromatic heterocycles. The van der Waals surface area contributed by atoms with E-state index in [1.54, 1.807) is 0 Å². The van der Waals surface area contributed by atoms with E-state index in [1.165, 1.54) is 0 Å². The predicted octanol–water partition coefficient (Wildman–Crippen LogP) is -0.0436. The smallest absolute Gasteiger partial charge is 0.309 e. The molecule has 112 valence electrons. The molecule has 0 radical (unpaired) electrons. The van der Waals surface area contributed by atoms with E-state index < -0.39 is 41.0 Å². The van der Waals surface area contributed by atoms with E-state index in [0.29, 0.717) is 0 Å². The number of carbonyl (C=O) groups is 4. The van der Waals surface area contributed by atoms with Gasteiger partial charge in [0.15, 0.2) is 11.5 Å². The first-order chi connectivity index (χ1) is 9.72. The number of esters is 3. The maximum Gasteiger partial charge on any atom is 0.309 e. The molecule has 0 saturated heterocycles. The van der Waals surface area contributed by atoms with Crippen molar-refractivity contribution < 1.29 is 33.4 Å². The van der Waals surface area contributed by atoms with Gasteiger partial charge >= 0.3 is 17.9 Å². The Morgan fingerprint density at radius 2 is 1.48 bits per heavy atom. The number of aromatic nitrogens is 1. The second-order valence-electron chi connectivity index (χ2n) is 3.78. The van der Waals surface area contributed by atoms with Gasteiger partial charge in [0.1, 0.15) is 5.56 Å². The summed E-state index contributed by atoms with van der Waals surface area (Å²) in [5.41, 5.74) is 4.68. The number of nitrogens with two attached hydrogens (primary N) is 1. The number of primary amides is 1. The summed E-state index contributed by atoms with van der Waals surface area (Å²) in [6.07, 6.45) is 0.963. The highest BCUT2D eigenvalue weighted by molar-refractivity contribution is 6.00. The second-order valence-corrected chi connectivity index (χ2v) is 3.78. The number of carbonyl (C=O) groups excluding carboxylic acids is 4. The number of nitrogens with zero attached hydrogens (tertiary/aromatic N) is 1. The van der Waals surface area contributed by atoms with E-state index in [1.807, 2.05) is 0 Å². The largest absolute Gasteiger partial charge is 0.422 e. The Labute approximate surface area is 119 Å². The quantitative estimate of drug-likeness (QED) is 0.764. The molecule has 0 unspecified atom stereocenters. The predicted molar refractivity (Wildman–Crippen MR) is 66.7 cm³/mol. The Bertz CT molecular complexity index is 624. The van der Waals surface area contributed by atoms with Crippen LogP contribution in [0.4, 0.5) is 0 Å². The fourth-order valence-electron chi connectivity index (χ4n) is 1.36. The molecule has 1 heterocycles. The number of ether oxygens (including phenoxy) is 3. The van der Waals surface area contributed by atoms with E-state index >= 15 is 0 Å². The highest BCUT2D eigenvalue weighted by atomic mass is 16.6. The van der Waals surface area contributed by atoms with Crippen LogP contribution in [0, 0.1) is 0 Å². The minimum absolute atomic E-state index is 0.303. The van der Waals surface area contributed by atoms with E-state index in [0.717, 1.165) is 27.0 Å². The van der Waals surface area contributed by atoms with Crippen LogP contribution < -0.4 is 19.9 Å². The van der Waals surface area contributed by atoms with Gasteiger partial charge in [0.05, 0.1) is 6.20 Å². The minimum Gasteiger partial charge on any atom is -0.422 e. The van der Waals surface area contributed by atoms with Crippen LogP contribution in [0.5, 0.6) is 17.4 Å². The van der Waals surface area contributed by atoms with E-state index in [-0.39, 0.29) is 5.75 Å². The van der Waals surface area contributed by atoms with Gasteiger partial charge in [-0.15, -0.1) is 0 Å². The second kappa shape index (κ2) is 6.46. The van der Waals surface area contributed by atoms with Gasteiger partial charge in [-0.05, 0) is 0 Å². The van der Waals surface area contributed by atoms with Crippen molar-refractivity contribution >= 4 is 23.8 Å². The Kier molecular flexibility index (Phi) is 4.95. The lowest BCUT2D eigenvalue weighted by Gasteiger charge is -2.13. The molecule has 0 aliphatic carbocycles.